The number of benzene rings is 3. The molecule has 0 aliphatic heterocycles. The van der Waals surface area contributed by atoms with Gasteiger partial charge in [0.15, 0.2) is 0 Å². The van der Waals surface area contributed by atoms with E-state index in [2.05, 4.69) is 0 Å². The molecule has 0 saturated heterocycles. The van der Waals surface area contributed by atoms with Crippen LogP contribution in [0.25, 0.3) is 0 Å². The average molecular weight is 505 g/mol. The van der Waals surface area contributed by atoms with Gasteiger partial charge in [0.05, 0.1) is 9.79 Å². The largest absolute Gasteiger partial charge is 0.221 e. The Morgan fingerprint density at radius 2 is 1.00 bits per heavy atom. The fourth-order valence-electron chi connectivity index (χ4n) is 3.59. The lowest BCUT2D eigenvalue weighted by Gasteiger charge is -2.31. The third-order valence-corrected chi connectivity index (χ3v) is 11.2. The highest BCUT2D eigenvalue weighted by Gasteiger charge is 2.53. The minimum Gasteiger partial charge on any atom is -0.221 e. The zero-order chi connectivity index (χ0) is 23.0. The first-order chi connectivity index (χ1) is 15.2. The Hall–Kier alpha value is -2.38. The average Bonchev–Trinajstić information content (AvgIpc) is 2.80. The third kappa shape index (κ3) is 3.82. The Kier molecular flexibility index (Phi) is 6.07. The monoisotopic (exact) mass is 504 g/mol. The van der Waals surface area contributed by atoms with Crippen LogP contribution >= 0.6 is 23.2 Å². The second kappa shape index (κ2) is 8.52. The van der Waals surface area contributed by atoms with Crippen molar-refractivity contribution in [2.45, 2.75) is 19.8 Å². The lowest BCUT2D eigenvalue weighted by Crippen LogP contribution is -2.44. The molecule has 0 fully saturated rings. The molecule has 3 aromatic rings. The van der Waals surface area contributed by atoms with E-state index >= 15 is 0 Å². The number of sulfone groups is 2. The SMILES string of the molecule is O=S(=O)(c1ccc(Cl)cc1)C1(S(=O)(=O)c2ccc(Cl)cc2)C=CC(c2ccccc2)C=C1. The highest BCUT2D eigenvalue weighted by molar-refractivity contribution is 8.11. The summed E-state index contributed by atoms with van der Waals surface area (Å²) in [5, 5.41) is 0.690. The predicted octanol–water partition coefficient (Wildman–Crippen LogP) is 5.85. The van der Waals surface area contributed by atoms with Crippen molar-refractivity contribution in [1.82, 2.24) is 0 Å². The number of hydrogen-bond acceptors (Lipinski definition) is 4. The summed E-state index contributed by atoms with van der Waals surface area (Å²) in [6.07, 6.45) is 5.74. The van der Waals surface area contributed by atoms with E-state index < -0.39 is 23.8 Å². The van der Waals surface area contributed by atoms with Gasteiger partial charge in [0.25, 0.3) is 0 Å². The molecule has 0 N–H and O–H groups in total. The first-order valence-corrected chi connectivity index (χ1v) is 13.3. The van der Waals surface area contributed by atoms with Crippen molar-refractivity contribution in [3.05, 3.63) is 119 Å². The minimum atomic E-state index is -4.42. The van der Waals surface area contributed by atoms with Crippen LogP contribution in [0.3, 0.4) is 0 Å². The number of hydrogen-bond donors (Lipinski definition) is 0. The summed E-state index contributed by atoms with van der Waals surface area (Å²) in [5.41, 5.74) is 0.918. The van der Waals surface area contributed by atoms with Crippen LogP contribution < -0.4 is 0 Å². The van der Waals surface area contributed by atoms with E-state index in [1.165, 1.54) is 60.7 Å². The van der Waals surface area contributed by atoms with Crippen molar-refractivity contribution in [2.75, 3.05) is 0 Å². The maximum Gasteiger partial charge on any atom is 0.218 e. The van der Waals surface area contributed by atoms with Crippen LogP contribution in [0.4, 0.5) is 0 Å². The molecule has 0 aromatic heterocycles. The van der Waals surface area contributed by atoms with Gasteiger partial charge < -0.3 is 0 Å². The Bertz CT molecular complexity index is 1300. The van der Waals surface area contributed by atoms with E-state index in [0.29, 0.717) is 10.0 Å². The first kappa shape index (κ1) is 22.8. The van der Waals surface area contributed by atoms with Crippen molar-refractivity contribution < 1.29 is 16.8 Å². The molecule has 8 heteroatoms. The molecule has 0 atom stereocenters. The molecule has 3 aromatic carbocycles. The van der Waals surface area contributed by atoms with Crippen LogP contribution in [-0.2, 0) is 19.7 Å². The summed E-state index contributed by atoms with van der Waals surface area (Å²) in [6.45, 7) is 0. The lowest BCUT2D eigenvalue weighted by molar-refractivity contribution is 0.570. The van der Waals surface area contributed by atoms with Crippen molar-refractivity contribution >= 4 is 42.9 Å². The second-order valence-electron chi connectivity index (χ2n) is 7.29. The van der Waals surface area contributed by atoms with Gasteiger partial charge in [0, 0.05) is 16.0 Å². The molecule has 4 rings (SSSR count). The fourth-order valence-corrected chi connectivity index (χ4v) is 8.33. The van der Waals surface area contributed by atoms with E-state index in [9.17, 15) is 16.8 Å². The van der Waals surface area contributed by atoms with E-state index in [1.54, 1.807) is 12.2 Å². The van der Waals surface area contributed by atoms with E-state index in [4.69, 9.17) is 23.2 Å². The van der Waals surface area contributed by atoms with Gasteiger partial charge in [0.2, 0.25) is 23.8 Å². The van der Waals surface area contributed by atoms with Crippen LogP contribution in [0.5, 0.6) is 0 Å². The third-order valence-electron chi connectivity index (χ3n) is 5.34. The molecule has 0 spiro atoms. The van der Waals surface area contributed by atoms with Crippen LogP contribution in [0.15, 0.2) is 113 Å². The zero-order valence-corrected chi connectivity index (χ0v) is 19.7. The summed E-state index contributed by atoms with van der Waals surface area (Å²) in [7, 11) is -8.83. The Morgan fingerprint density at radius 3 is 1.41 bits per heavy atom. The summed E-state index contributed by atoms with van der Waals surface area (Å²) in [6, 6.07) is 20.3. The van der Waals surface area contributed by atoms with E-state index in [-0.39, 0.29) is 15.7 Å². The maximum atomic E-state index is 13.8. The quantitative estimate of drug-likeness (QED) is 0.408. The highest BCUT2D eigenvalue weighted by Crippen LogP contribution is 2.42. The second-order valence-corrected chi connectivity index (χ2v) is 12.7. The normalized spacial score (nSPS) is 16.2. The summed E-state index contributed by atoms with van der Waals surface area (Å²) in [4.78, 5) is -0.293. The smallest absolute Gasteiger partial charge is 0.218 e. The van der Waals surface area contributed by atoms with Crippen molar-refractivity contribution in [3.8, 4) is 0 Å². The number of rotatable bonds is 5. The van der Waals surface area contributed by atoms with Crippen molar-refractivity contribution in [1.29, 1.82) is 0 Å². The number of halogens is 2. The van der Waals surface area contributed by atoms with Crippen LogP contribution in [0.1, 0.15) is 11.5 Å². The zero-order valence-electron chi connectivity index (χ0n) is 16.6. The molecule has 0 bridgehead atoms. The molecule has 0 amide bonds. The molecule has 0 unspecified atom stereocenters. The Balaban J connectivity index is 1.91. The van der Waals surface area contributed by atoms with E-state index in [0.717, 1.165) is 5.56 Å². The van der Waals surface area contributed by atoms with Gasteiger partial charge in [0.1, 0.15) is 0 Å². The minimum absolute atomic E-state index is 0.146. The fraction of sp³-hybridized carbons (Fsp3) is 0.0833. The molecule has 0 saturated carbocycles. The molecular formula is C24H18Cl2O4S2. The molecule has 4 nitrogen and oxygen atoms in total. The maximum absolute atomic E-state index is 13.8. The first-order valence-electron chi connectivity index (χ1n) is 9.61. The van der Waals surface area contributed by atoms with Gasteiger partial charge in [-0.05, 0) is 66.2 Å². The molecule has 164 valence electrons. The molecule has 32 heavy (non-hydrogen) atoms. The highest BCUT2D eigenvalue weighted by atomic mass is 35.5. The van der Waals surface area contributed by atoms with Gasteiger partial charge in [-0.2, -0.15) is 0 Å². The van der Waals surface area contributed by atoms with Gasteiger partial charge in [-0.3, -0.25) is 0 Å². The van der Waals surface area contributed by atoms with Crippen LogP contribution in [0, 0.1) is 0 Å². The molecule has 1 aliphatic carbocycles. The standard InChI is InChI=1S/C24H18Cl2O4S2/c25-20-6-10-22(11-7-20)31(27,28)24(32(29,30)23-12-8-21(26)9-13-23)16-14-19(15-17-24)18-4-2-1-3-5-18/h1-17,19H. The van der Waals surface area contributed by atoms with Gasteiger partial charge in [-0.25, -0.2) is 16.8 Å². The van der Waals surface area contributed by atoms with E-state index in [1.807, 2.05) is 30.3 Å². The van der Waals surface area contributed by atoms with Gasteiger partial charge >= 0.3 is 0 Å². The van der Waals surface area contributed by atoms with Gasteiger partial charge in [-0.15, -0.1) is 0 Å². The van der Waals surface area contributed by atoms with Crippen LogP contribution in [-0.4, -0.2) is 20.9 Å². The summed E-state index contributed by atoms with van der Waals surface area (Å²) < 4.78 is 52.9. The summed E-state index contributed by atoms with van der Waals surface area (Å²) in [5.74, 6) is -0.259. The topological polar surface area (TPSA) is 68.3 Å². The lowest BCUT2D eigenvalue weighted by atomic mass is 9.95. The van der Waals surface area contributed by atoms with Crippen molar-refractivity contribution in [3.63, 3.8) is 0 Å². The summed E-state index contributed by atoms with van der Waals surface area (Å²) >= 11 is 11.8. The molecule has 0 radical (unpaired) electrons. The predicted molar refractivity (Wildman–Crippen MR) is 127 cm³/mol. The van der Waals surface area contributed by atoms with Crippen LogP contribution in [0.2, 0.25) is 10.0 Å². The Morgan fingerprint density at radius 1 is 0.594 bits per heavy atom. The Labute approximate surface area is 197 Å². The molecule has 1 aliphatic rings. The number of allylic oxidation sites excluding steroid dienone is 2. The van der Waals surface area contributed by atoms with Gasteiger partial charge in [-0.1, -0.05) is 65.7 Å². The van der Waals surface area contributed by atoms with Crippen molar-refractivity contribution in [2.24, 2.45) is 0 Å². The molecular weight excluding hydrogens is 487 g/mol. The molecule has 0 heterocycles.